The van der Waals surface area contributed by atoms with Crippen LogP contribution < -0.4 is 5.73 Å². The van der Waals surface area contributed by atoms with E-state index in [0.29, 0.717) is 10.1 Å². The van der Waals surface area contributed by atoms with E-state index in [1.54, 1.807) is 0 Å². The Morgan fingerprint density at radius 3 is 2.33 bits per heavy atom. The second-order valence-corrected chi connectivity index (χ2v) is 2.26. The van der Waals surface area contributed by atoms with Crippen LogP contribution in [-0.4, -0.2) is 0 Å². The summed E-state index contributed by atoms with van der Waals surface area (Å²) in [6.45, 7) is 3.41. The molecule has 0 spiro atoms. The van der Waals surface area contributed by atoms with Gasteiger partial charge in [0.25, 0.3) is 0 Å². The predicted octanol–water partition coefficient (Wildman–Crippen LogP) is 2.33. The summed E-state index contributed by atoms with van der Waals surface area (Å²) in [5.74, 6) is 0. The summed E-state index contributed by atoms with van der Waals surface area (Å²) in [6.07, 6.45) is 4.36. The van der Waals surface area contributed by atoms with Crippen molar-refractivity contribution in [3.63, 3.8) is 0 Å². The van der Waals surface area contributed by atoms with Gasteiger partial charge >= 0.3 is 0 Å². The van der Waals surface area contributed by atoms with Crippen LogP contribution in [0.25, 0.3) is 0 Å². The Bertz CT molecular complexity index is 158. The number of hydrogen-bond acceptors (Lipinski definition) is 1. The van der Waals surface area contributed by atoms with E-state index < -0.39 is 0 Å². The van der Waals surface area contributed by atoms with E-state index in [9.17, 15) is 0 Å². The molecule has 0 saturated heterocycles. The highest BCUT2D eigenvalue weighted by Crippen LogP contribution is 2.08. The van der Waals surface area contributed by atoms with Gasteiger partial charge in [-0.1, -0.05) is 29.8 Å². The second kappa shape index (κ2) is 4.48. The van der Waals surface area contributed by atoms with E-state index in [-0.39, 0.29) is 0 Å². The fraction of sp³-hybridized carbons (Fsp3) is 0. The molecule has 0 aliphatic heterocycles. The maximum atomic E-state index is 5.52. The molecule has 0 aromatic heterocycles. The van der Waals surface area contributed by atoms with Crippen molar-refractivity contribution >= 4 is 23.2 Å². The van der Waals surface area contributed by atoms with E-state index in [4.69, 9.17) is 28.9 Å². The van der Waals surface area contributed by atoms with Gasteiger partial charge in [-0.15, -0.1) is 0 Å². The zero-order valence-electron chi connectivity index (χ0n) is 4.77. The second-order valence-electron chi connectivity index (χ2n) is 1.34. The van der Waals surface area contributed by atoms with Crippen molar-refractivity contribution in [2.24, 2.45) is 5.73 Å². The molecule has 3 heteroatoms. The van der Waals surface area contributed by atoms with Crippen molar-refractivity contribution in [3.8, 4) is 0 Å². The molecule has 0 aliphatic rings. The molecular weight excluding hydrogens is 157 g/mol. The van der Waals surface area contributed by atoms with Crippen LogP contribution in [0.1, 0.15) is 0 Å². The average molecular weight is 164 g/mol. The standard InChI is InChI=1S/C6H7Cl2N/c1-5(7)4-6(8)2-3-9/h2-4H,1,9H2/b3-2-,6-4+. The Morgan fingerprint density at radius 1 is 1.44 bits per heavy atom. The summed E-state index contributed by atoms with van der Waals surface area (Å²) in [7, 11) is 0. The van der Waals surface area contributed by atoms with Crippen LogP contribution in [-0.2, 0) is 0 Å². The molecule has 0 rings (SSSR count). The van der Waals surface area contributed by atoms with Gasteiger partial charge in [0.05, 0.1) is 0 Å². The largest absolute Gasteiger partial charge is 0.405 e. The van der Waals surface area contributed by atoms with Gasteiger partial charge in [0.1, 0.15) is 0 Å². The van der Waals surface area contributed by atoms with Crippen LogP contribution in [0.4, 0.5) is 0 Å². The third kappa shape index (κ3) is 5.47. The number of hydrogen-bond donors (Lipinski definition) is 1. The van der Waals surface area contributed by atoms with Crippen LogP contribution in [0.15, 0.2) is 35.0 Å². The van der Waals surface area contributed by atoms with Crippen molar-refractivity contribution in [1.29, 1.82) is 0 Å². The SMILES string of the molecule is C=C(Cl)/C=C(Cl)\C=C/N. The first-order chi connectivity index (χ1) is 4.16. The molecule has 0 bridgehead atoms. The topological polar surface area (TPSA) is 26.0 Å². The third-order valence-corrected chi connectivity index (χ3v) is 0.894. The Labute approximate surface area is 64.4 Å². The van der Waals surface area contributed by atoms with Crippen molar-refractivity contribution < 1.29 is 0 Å². The first kappa shape index (κ1) is 8.60. The summed E-state index contributed by atoms with van der Waals surface area (Å²) in [4.78, 5) is 0. The first-order valence-electron chi connectivity index (χ1n) is 2.26. The molecule has 50 valence electrons. The summed E-state index contributed by atoms with van der Waals surface area (Å²) in [5.41, 5.74) is 5.03. The minimum Gasteiger partial charge on any atom is -0.405 e. The van der Waals surface area contributed by atoms with Gasteiger partial charge in [-0.05, 0) is 18.4 Å². The highest BCUT2D eigenvalue weighted by atomic mass is 35.5. The fourth-order valence-corrected chi connectivity index (χ4v) is 0.667. The molecule has 0 saturated carbocycles. The Kier molecular flexibility index (Phi) is 4.28. The molecule has 0 aromatic rings. The van der Waals surface area contributed by atoms with Gasteiger partial charge in [0.2, 0.25) is 0 Å². The van der Waals surface area contributed by atoms with E-state index in [1.807, 2.05) is 0 Å². The van der Waals surface area contributed by atoms with Crippen LogP contribution in [0, 0.1) is 0 Å². The molecule has 0 fully saturated rings. The summed E-state index contributed by atoms with van der Waals surface area (Å²) >= 11 is 10.9. The summed E-state index contributed by atoms with van der Waals surface area (Å²) in [5, 5.41) is 0.857. The monoisotopic (exact) mass is 163 g/mol. The van der Waals surface area contributed by atoms with E-state index >= 15 is 0 Å². The van der Waals surface area contributed by atoms with Gasteiger partial charge in [-0.3, -0.25) is 0 Å². The lowest BCUT2D eigenvalue weighted by Crippen LogP contribution is -1.75. The third-order valence-electron chi connectivity index (χ3n) is 0.550. The average Bonchev–Trinajstić information content (AvgIpc) is 1.63. The smallest absolute Gasteiger partial charge is 0.0434 e. The zero-order chi connectivity index (χ0) is 7.28. The summed E-state index contributed by atoms with van der Waals surface area (Å²) < 4.78 is 0. The normalized spacial score (nSPS) is 12.4. The quantitative estimate of drug-likeness (QED) is 0.622. The van der Waals surface area contributed by atoms with Gasteiger partial charge < -0.3 is 5.73 Å². The highest BCUT2D eigenvalue weighted by molar-refractivity contribution is 6.35. The number of allylic oxidation sites excluding steroid dienone is 4. The zero-order valence-corrected chi connectivity index (χ0v) is 6.28. The van der Waals surface area contributed by atoms with E-state index in [1.165, 1.54) is 18.4 Å². The lowest BCUT2D eigenvalue weighted by Gasteiger charge is -1.84. The van der Waals surface area contributed by atoms with Gasteiger partial charge in [0.15, 0.2) is 0 Å². The Morgan fingerprint density at radius 2 is 2.00 bits per heavy atom. The maximum absolute atomic E-state index is 5.52. The van der Waals surface area contributed by atoms with Crippen LogP contribution >= 0.6 is 23.2 Å². The molecule has 0 aliphatic carbocycles. The highest BCUT2D eigenvalue weighted by Gasteiger charge is 1.83. The van der Waals surface area contributed by atoms with Crippen molar-refractivity contribution in [2.75, 3.05) is 0 Å². The molecule has 0 amide bonds. The van der Waals surface area contributed by atoms with Crippen LogP contribution in [0.2, 0.25) is 0 Å². The molecule has 0 aromatic carbocycles. The number of halogens is 2. The molecule has 1 nitrogen and oxygen atoms in total. The predicted molar refractivity (Wildman–Crippen MR) is 42.3 cm³/mol. The molecular formula is C6H7Cl2N. The molecule has 0 atom stereocenters. The van der Waals surface area contributed by atoms with E-state index in [2.05, 4.69) is 6.58 Å². The Hall–Kier alpha value is -0.400. The van der Waals surface area contributed by atoms with Gasteiger partial charge in [0, 0.05) is 10.1 Å². The van der Waals surface area contributed by atoms with E-state index in [0.717, 1.165) is 0 Å². The lowest BCUT2D eigenvalue weighted by atomic mass is 10.4. The minimum atomic E-state index is 0.387. The molecule has 0 unspecified atom stereocenters. The van der Waals surface area contributed by atoms with Crippen molar-refractivity contribution in [2.45, 2.75) is 0 Å². The van der Waals surface area contributed by atoms with Crippen LogP contribution in [0.5, 0.6) is 0 Å². The van der Waals surface area contributed by atoms with Crippen LogP contribution in [0.3, 0.4) is 0 Å². The fourth-order valence-electron chi connectivity index (χ4n) is 0.290. The maximum Gasteiger partial charge on any atom is 0.0434 e. The molecule has 2 N–H and O–H groups in total. The van der Waals surface area contributed by atoms with Gasteiger partial charge in [-0.25, -0.2) is 0 Å². The lowest BCUT2D eigenvalue weighted by molar-refractivity contribution is 1.59. The number of rotatable bonds is 2. The first-order valence-corrected chi connectivity index (χ1v) is 3.02. The number of nitrogens with two attached hydrogens (primary N) is 1. The summed E-state index contributed by atoms with van der Waals surface area (Å²) in [6, 6.07) is 0. The molecule has 0 radical (unpaired) electrons. The minimum absolute atomic E-state index is 0.387. The Balaban J connectivity index is 4.00. The molecule has 0 heterocycles. The van der Waals surface area contributed by atoms with Crippen molar-refractivity contribution in [1.82, 2.24) is 0 Å². The van der Waals surface area contributed by atoms with Crippen molar-refractivity contribution in [3.05, 3.63) is 35.0 Å². The van der Waals surface area contributed by atoms with Gasteiger partial charge in [-0.2, -0.15) is 0 Å². The molecule has 9 heavy (non-hydrogen) atoms.